The van der Waals surface area contributed by atoms with E-state index in [1.165, 1.54) is 16.8 Å². The number of hydrogen-bond donors (Lipinski definition) is 1. The van der Waals surface area contributed by atoms with Gasteiger partial charge in [-0.05, 0) is 32.0 Å². The van der Waals surface area contributed by atoms with Gasteiger partial charge in [-0.1, -0.05) is 12.1 Å². The predicted molar refractivity (Wildman–Crippen MR) is 103 cm³/mol. The van der Waals surface area contributed by atoms with Crippen molar-refractivity contribution in [2.45, 2.75) is 26.4 Å². The molecule has 2 aromatic carbocycles. The summed E-state index contributed by atoms with van der Waals surface area (Å²) in [7, 11) is 3.21. The molecule has 0 aliphatic rings. The Labute approximate surface area is 162 Å². The molecule has 0 saturated carbocycles. The van der Waals surface area contributed by atoms with Crippen LogP contribution < -0.4 is 14.8 Å². The molecule has 0 unspecified atom stereocenters. The SMILES string of the molecule is COc1cccc(CN[C@H](C)c2cnn(-c3ccc(F)cc3F)c2C)c1OC. The summed E-state index contributed by atoms with van der Waals surface area (Å²) in [5, 5.41) is 7.71. The van der Waals surface area contributed by atoms with Crippen molar-refractivity contribution in [3.05, 3.63) is 71.1 Å². The van der Waals surface area contributed by atoms with Gasteiger partial charge in [0.15, 0.2) is 17.3 Å². The monoisotopic (exact) mass is 387 g/mol. The Morgan fingerprint density at radius 2 is 1.93 bits per heavy atom. The van der Waals surface area contributed by atoms with E-state index in [4.69, 9.17) is 9.47 Å². The fraction of sp³-hybridized carbons (Fsp3) is 0.286. The van der Waals surface area contributed by atoms with Gasteiger partial charge in [0.2, 0.25) is 0 Å². The van der Waals surface area contributed by atoms with Gasteiger partial charge >= 0.3 is 0 Å². The van der Waals surface area contributed by atoms with Gasteiger partial charge in [-0.3, -0.25) is 0 Å². The van der Waals surface area contributed by atoms with Crippen LogP contribution >= 0.6 is 0 Å². The molecule has 1 atom stereocenters. The van der Waals surface area contributed by atoms with Crippen molar-refractivity contribution in [3.63, 3.8) is 0 Å². The zero-order valence-electron chi connectivity index (χ0n) is 16.3. The van der Waals surface area contributed by atoms with Gasteiger partial charge in [-0.25, -0.2) is 13.5 Å². The highest BCUT2D eigenvalue weighted by molar-refractivity contribution is 5.46. The Balaban J connectivity index is 1.79. The summed E-state index contributed by atoms with van der Waals surface area (Å²) >= 11 is 0. The summed E-state index contributed by atoms with van der Waals surface area (Å²) < 4.78 is 39.6. The van der Waals surface area contributed by atoms with Crippen LogP contribution in [0.2, 0.25) is 0 Å². The molecular weight excluding hydrogens is 364 g/mol. The van der Waals surface area contributed by atoms with Crippen LogP contribution in [-0.4, -0.2) is 24.0 Å². The maximum atomic E-state index is 14.1. The lowest BCUT2D eigenvalue weighted by Crippen LogP contribution is -2.19. The molecule has 7 heteroatoms. The zero-order valence-corrected chi connectivity index (χ0v) is 16.3. The van der Waals surface area contributed by atoms with Crippen molar-refractivity contribution in [3.8, 4) is 17.2 Å². The third kappa shape index (κ3) is 3.84. The summed E-state index contributed by atoms with van der Waals surface area (Å²) in [6.45, 7) is 4.41. The topological polar surface area (TPSA) is 48.3 Å². The number of halogens is 2. The standard InChI is InChI=1S/C21H23F2N3O2/c1-13(24-11-15-6-5-7-20(27-3)21(15)28-4)17-12-25-26(14(17)2)19-9-8-16(22)10-18(19)23/h5-10,12-13,24H,11H2,1-4H3/t13-/m1/s1. The molecule has 0 spiro atoms. The number of nitrogens with one attached hydrogen (secondary N) is 1. The molecule has 3 rings (SSSR count). The fourth-order valence-corrected chi connectivity index (χ4v) is 3.21. The third-order valence-electron chi connectivity index (χ3n) is 4.74. The quantitative estimate of drug-likeness (QED) is 0.656. The first-order valence-electron chi connectivity index (χ1n) is 8.89. The lowest BCUT2D eigenvalue weighted by atomic mass is 10.1. The van der Waals surface area contributed by atoms with Gasteiger partial charge in [0, 0.05) is 35.5 Å². The Hall–Kier alpha value is -2.93. The van der Waals surface area contributed by atoms with Crippen LogP contribution in [0.15, 0.2) is 42.6 Å². The van der Waals surface area contributed by atoms with E-state index in [1.807, 2.05) is 32.0 Å². The molecule has 28 heavy (non-hydrogen) atoms. The first-order chi connectivity index (χ1) is 13.5. The largest absolute Gasteiger partial charge is 0.493 e. The second kappa shape index (κ2) is 8.39. The smallest absolute Gasteiger partial charge is 0.165 e. The normalized spacial score (nSPS) is 12.1. The Kier molecular flexibility index (Phi) is 5.94. The Morgan fingerprint density at radius 3 is 2.61 bits per heavy atom. The molecule has 1 heterocycles. The number of benzene rings is 2. The molecule has 148 valence electrons. The van der Waals surface area contributed by atoms with E-state index < -0.39 is 11.6 Å². The summed E-state index contributed by atoms with van der Waals surface area (Å²) in [6.07, 6.45) is 1.69. The number of aromatic nitrogens is 2. The van der Waals surface area contributed by atoms with Crippen LogP contribution in [0.3, 0.4) is 0 Å². The van der Waals surface area contributed by atoms with Gasteiger partial charge in [-0.2, -0.15) is 5.10 Å². The van der Waals surface area contributed by atoms with E-state index in [9.17, 15) is 8.78 Å². The van der Waals surface area contributed by atoms with Crippen molar-refractivity contribution < 1.29 is 18.3 Å². The second-order valence-electron chi connectivity index (χ2n) is 6.45. The molecule has 3 aromatic rings. The highest BCUT2D eigenvalue weighted by Crippen LogP contribution is 2.31. The van der Waals surface area contributed by atoms with E-state index in [-0.39, 0.29) is 11.7 Å². The van der Waals surface area contributed by atoms with Gasteiger partial charge in [-0.15, -0.1) is 0 Å². The van der Waals surface area contributed by atoms with Gasteiger partial charge in [0.05, 0.1) is 20.4 Å². The van der Waals surface area contributed by atoms with Crippen molar-refractivity contribution >= 4 is 0 Å². The molecule has 1 N–H and O–H groups in total. The van der Waals surface area contributed by atoms with Crippen LogP contribution in [0.5, 0.6) is 11.5 Å². The van der Waals surface area contributed by atoms with Gasteiger partial charge in [0.1, 0.15) is 11.5 Å². The molecule has 1 aromatic heterocycles. The molecule has 0 bridgehead atoms. The minimum absolute atomic E-state index is 0.0480. The summed E-state index contributed by atoms with van der Waals surface area (Å²) in [4.78, 5) is 0. The zero-order chi connectivity index (χ0) is 20.3. The highest BCUT2D eigenvalue weighted by atomic mass is 19.1. The molecule has 0 fully saturated rings. The average Bonchev–Trinajstić information content (AvgIpc) is 3.06. The van der Waals surface area contributed by atoms with Crippen molar-refractivity contribution in [1.29, 1.82) is 0 Å². The van der Waals surface area contributed by atoms with E-state index in [2.05, 4.69) is 10.4 Å². The molecule has 0 saturated heterocycles. The average molecular weight is 387 g/mol. The highest BCUT2D eigenvalue weighted by Gasteiger charge is 2.17. The number of para-hydroxylation sites is 1. The maximum Gasteiger partial charge on any atom is 0.165 e. The summed E-state index contributed by atoms with van der Waals surface area (Å²) in [5.74, 6) is 0.0868. The van der Waals surface area contributed by atoms with E-state index in [0.29, 0.717) is 18.0 Å². The van der Waals surface area contributed by atoms with Crippen LogP contribution in [-0.2, 0) is 6.54 Å². The molecular formula is C21H23F2N3O2. The number of ether oxygens (including phenoxy) is 2. The van der Waals surface area contributed by atoms with E-state index in [1.54, 1.807) is 20.4 Å². The van der Waals surface area contributed by atoms with Gasteiger partial charge < -0.3 is 14.8 Å². The number of nitrogens with zero attached hydrogens (tertiary/aromatic N) is 2. The van der Waals surface area contributed by atoms with Crippen LogP contribution in [0, 0.1) is 18.6 Å². The van der Waals surface area contributed by atoms with Crippen LogP contribution in [0.4, 0.5) is 8.78 Å². The van der Waals surface area contributed by atoms with E-state index in [0.717, 1.165) is 22.9 Å². The molecule has 0 aliphatic carbocycles. The lowest BCUT2D eigenvalue weighted by molar-refractivity contribution is 0.350. The van der Waals surface area contributed by atoms with Crippen LogP contribution in [0.25, 0.3) is 5.69 Å². The molecule has 5 nitrogen and oxygen atoms in total. The van der Waals surface area contributed by atoms with Crippen molar-refractivity contribution in [2.75, 3.05) is 14.2 Å². The maximum absolute atomic E-state index is 14.1. The molecule has 0 radical (unpaired) electrons. The number of methoxy groups -OCH3 is 2. The Bertz CT molecular complexity index is 972. The molecule has 0 amide bonds. The summed E-state index contributed by atoms with van der Waals surface area (Å²) in [5.41, 5.74) is 2.88. The minimum atomic E-state index is -0.653. The molecule has 0 aliphatic heterocycles. The second-order valence-corrected chi connectivity index (χ2v) is 6.45. The Morgan fingerprint density at radius 1 is 1.14 bits per heavy atom. The number of hydrogen-bond acceptors (Lipinski definition) is 4. The minimum Gasteiger partial charge on any atom is -0.493 e. The van der Waals surface area contributed by atoms with Crippen molar-refractivity contribution in [1.82, 2.24) is 15.1 Å². The summed E-state index contributed by atoms with van der Waals surface area (Å²) in [6, 6.07) is 9.12. The fourth-order valence-electron chi connectivity index (χ4n) is 3.21. The number of rotatable bonds is 7. The predicted octanol–water partition coefficient (Wildman–Crippen LogP) is 4.33. The first kappa shape index (κ1) is 19.8. The lowest BCUT2D eigenvalue weighted by Gasteiger charge is -2.17. The third-order valence-corrected chi connectivity index (χ3v) is 4.74. The van der Waals surface area contributed by atoms with Crippen molar-refractivity contribution in [2.24, 2.45) is 0 Å². The first-order valence-corrected chi connectivity index (χ1v) is 8.89. The van der Waals surface area contributed by atoms with Gasteiger partial charge in [0.25, 0.3) is 0 Å². The van der Waals surface area contributed by atoms with Crippen LogP contribution in [0.1, 0.15) is 29.8 Å². The van der Waals surface area contributed by atoms with E-state index >= 15 is 0 Å².